The molecule has 1 unspecified atom stereocenters. The number of aromatic nitrogens is 2. The number of nitrogens with zero attached hydrogens (tertiary/aromatic N) is 2. The van der Waals surface area contributed by atoms with Crippen LogP contribution >= 0.6 is 24.8 Å². The molecule has 2 N–H and O–H groups in total. The SMILES string of the molecule is Cl.Cl.Cn1c(CNC(=O)C2CCCNC2)nc2ccccc21. The Balaban J connectivity index is 0.00000121. The fourth-order valence-corrected chi connectivity index (χ4v) is 2.74. The van der Waals surface area contributed by atoms with Crippen molar-refractivity contribution in [3.63, 3.8) is 0 Å². The summed E-state index contributed by atoms with van der Waals surface area (Å²) in [5.41, 5.74) is 2.06. The lowest BCUT2D eigenvalue weighted by molar-refractivity contribution is -0.125. The van der Waals surface area contributed by atoms with Gasteiger partial charge in [0.05, 0.1) is 23.5 Å². The first kappa shape index (κ1) is 18.7. The molecule has 1 atom stereocenters. The number of halogens is 2. The molecule has 2 heterocycles. The summed E-state index contributed by atoms with van der Waals surface area (Å²) >= 11 is 0. The third-order valence-corrected chi connectivity index (χ3v) is 3.97. The lowest BCUT2D eigenvalue weighted by atomic mass is 9.99. The molecule has 7 heteroatoms. The number of fused-ring (bicyclic) bond motifs is 1. The van der Waals surface area contributed by atoms with E-state index in [1.54, 1.807) is 0 Å². The number of piperidine rings is 1. The van der Waals surface area contributed by atoms with Crippen molar-refractivity contribution < 1.29 is 4.79 Å². The molecule has 1 saturated heterocycles. The molecule has 0 bridgehead atoms. The number of hydrogen-bond donors (Lipinski definition) is 2. The maximum absolute atomic E-state index is 12.1. The van der Waals surface area contributed by atoms with Crippen LogP contribution in [0.5, 0.6) is 0 Å². The van der Waals surface area contributed by atoms with Gasteiger partial charge in [-0.05, 0) is 31.5 Å². The Hall–Kier alpha value is -1.30. The number of aryl methyl sites for hydroxylation is 1. The van der Waals surface area contributed by atoms with Gasteiger partial charge in [-0.25, -0.2) is 4.98 Å². The van der Waals surface area contributed by atoms with Gasteiger partial charge in [0.2, 0.25) is 5.91 Å². The largest absolute Gasteiger partial charge is 0.349 e. The molecule has 1 amide bonds. The van der Waals surface area contributed by atoms with Gasteiger partial charge in [-0.3, -0.25) is 4.79 Å². The zero-order chi connectivity index (χ0) is 13.9. The van der Waals surface area contributed by atoms with Gasteiger partial charge in [-0.1, -0.05) is 12.1 Å². The standard InChI is InChI=1S/C15H20N4O.2ClH/c1-19-13-7-3-2-6-12(13)18-14(19)10-17-15(20)11-5-4-8-16-9-11;;/h2-3,6-7,11,16H,4-5,8-10H2,1H3,(H,17,20);2*1H. The summed E-state index contributed by atoms with van der Waals surface area (Å²) in [5, 5.41) is 6.27. The van der Waals surface area contributed by atoms with Crippen LogP contribution in [0.3, 0.4) is 0 Å². The lowest BCUT2D eigenvalue weighted by Crippen LogP contribution is -2.40. The third-order valence-electron chi connectivity index (χ3n) is 3.97. The van der Waals surface area contributed by atoms with Crippen LogP contribution in [0.15, 0.2) is 24.3 Å². The minimum absolute atomic E-state index is 0. The Kier molecular flexibility index (Phi) is 7.13. The van der Waals surface area contributed by atoms with E-state index in [0.717, 1.165) is 42.8 Å². The first-order valence-electron chi connectivity index (χ1n) is 7.14. The van der Waals surface area contributed by atoms with Gasteiger partial charge in [-0.2, -0.15) is 0 Å². The molecule has 22 heavy (non-hydrogen) atoms. The van der Waals surface area contributed by atoms with E-state index >= 15 is 0 Å². The van der Waals surface area contributed by atoms with Crippen LogP contribution in [-0.2, 0) is 18.4 Å². The minimum atomic E-state index is 0. The van der Waals surface area contributed by atoms with Crippen LogP contribution in [0.4, 0.5) is 0 Å². The zero-order valence-corrected chi connectivity index (χ0v) is 14.2. The van der Waals surface area contributed by atoms with Crippen LogP contribution in [0.2, 0.25) is 0 Å². The summed E-state index contributed by atoms with van der Waals surface area (Å²) in [6.07, 6.45) is 2.05. The normalized spacial score (nSPS) is 17.4. The average Bonchev–Trinajstić information content (AvgIpc) is 2.83. The number of rotatable bonds is 3. The van der Waals surface area contributed by atoms with E-state index < -0.39 is 0 Å². The van der Waals surface area contributed by atoms with Gasteiger partial charge in [0.25, 0.3) is 0 Å². The van der Waals surface area contributed by atoms with Gasteiger partial charge in [0, 0.05) is 13.6 Å². The van der Waals surface area contributed by atoms with Crippen molar-refractivity contribution in [2.24, 2.45) is 13.0 Å². The highest BCUT2D eigenvalue weighted by Gasteiger charge is 2.20. The van der Waals surface area contributed by atoms with Crippen LogP contribution in [0.1, 0.15) is 18.7 Å². The van der Waals surface area contributed by atoms with Crippen LogP contribution in [-0.4, -0.2) is 28.5 Å². The maximum atomic E-state index is 12.1. The number of carbonyl (C=O) groups excluding carboxylic acids is 1. The van der Waals surface area contributed by atoms with Crippen molar-refractivity contribution in [1.29, 1.82) is 0 Å². The molecule has 0 saturated carbocycles. The number of para-hydroxylation sites is 2. The Labute approximate surface area is 142 Å². The van der Waals surface area contributed by atoms with Crippen LogP contribution in [0, 0.1) is 5.92 Å². The Morgan fingerprint density at radius 3 is 2.86 bits per heavy atom. The van der Waals surface area contributed by atoms with Crippen molar-refractivity contribution >= 4 is 41.8 Å². The first-order valence-corrected chi connectivity index (χ1v) is 7.14. The Morgan fingerprint density at radius 1 is 1.41 bits per heavy atom. The van der Waals surface area contributed by atoms with Crippen LogP contribution < -0.4 is 10.6 Å². The molecular weight excluding hydrogens is 323 g/mol. The smallest absolute Gasteiger partial charge is 0.224 e. The quantitative estimate of drug-likeness (QED) is 0.895. The Bertz CT molecular complexity index is 623. The number of carbonyl (C=O) groups is 1. The van der Waals surface area contributed by atoms with Gasteiger partial charge in [0.1, 0.15) is 5.82 Å². The number of hydrogen-bond acceptors (Lipinski definition) is 3. The van der Waals surface area contributed by atoms with Crippen LogP contribution in [0.25, 0.3) is 11.0 Å². The topological polar surface area (TPSA) is 59.0 Å². The van der Waals surface area contributed by atoms with E-state index in [9.17, 15) is 4.79 Å². The molecule has 0 spiro atoms. The monoisotopic (exact) mass is 344 g/mol. The van der Waals surface area contributed by atoms with Crippen molar-refractivity contribution in [3.05, 3.63) is 30.1 Å². The highest BCUT2D eigenvalue weighted by Crippen LogP contribution is 2.14. The molecule has 1 aromatic heterocycles. The Morgan fingerprint density at radius 2 is 2.18 bits per heavy atom. The second-order valence-corrected chi connectivity index (χ2v) is 5.34. The van der Waals surface area contributed by atoms with Crippen molar-refractivity contribution in [2.75, 3.05) is 13.1 Å². The fraction of sp³-hybridized carbons (Fsp3) is 0.467. The molecule has 1 aliphatic heterocycles. The molecular formula is C15H22Cl2N4O. The zero-order valence-electron chi connectivity index (χ0n) is 12.5. The van der Waals surface area contributed by atoms with E-state index in [1.165, 1.54) is 0 Å². The summed E-state index contributed by atoms with van der Waals surface area (Å²) < 4.78 is 2.04. The molecule has 1 aliphatic rings. The molecule has 3 rings (SSSR count). The van der Waals surface area contributed by atoms with E-state index in [1.807, 2.05) is 35.9 Å². The predicted molar refractivity (Wildman–Crippen MR) is 92.7 cm³/mol. The molecule has 122 valence electrons. The van der Waals surface area contributed by atoms with Gasteiger partial charge >= 0.3 is 0 Å². The second-order valence-electron chi connectivity index (χ2n) is 5.34. The summed E-state index contributed by atoms with van der Waals surface area (Å²) in [5.74, 6) is 1.12. The van der Waals surface area contributed by atoms with Crippen molar-refractivity contribution in [3.8, 4) is 0 Å². The fourth-order valence-electron chi connectivity index (χ4n) is 2.74. The molecule has 0 radical (unpaired) electrons. The van der Waals surface area contributed by atoms with E-state index in [4.69, 9.17) is 0 Å². The molecule has 2 aromatic rings. The summed E-state index contributed by atoms with van der Waals surface area (Å²) in [7, 11) is 1.99. The highest BCUT2D eigenvalue weighted by molar-refractivity contribution is 5.85. The predicted octanol–water partition coefficient (Wildman–Crippen LogP) is 2.03. The van der Waals surface area contributed by atoms with Gasteiger partial charge in [0.15, 0.2) is 0 Å². The van der Waals surface area contributed by atoms with E-state index in [2.05, 4.69) is 15.6 Å². The molecule has 1 aromatic carbocycles. The second kappa shape index (κ2) is 8.36. The van der Waals surface area contributed by atoms with Gasteiger partial charge < -0.3 is 15.2 Å². The summed E-state index contributed by atoms with van der Waals surface area (Å²) in [4.78, 5) is 16.7. The van der Waals surface area contributed by atoms with E-state index in [0.29, 0.717) is 6.54 Å². The van der Waals surface area contributed by atoms with Crippen molar-refractivity contribution in [2.45, 2.75) is 19.4 Å². The highest BCUT2D eigenvalue weighted by atomic mass is 35.5. The third kappa shape index (κ3) is 3.91. The number of imidazole rings is 1. The van der Waals surface area contributed by atoms with Gasteiger partial charge in [-0.15, -0.1) is 24.8 Å². The minimum Gasteiger partial charge on any atom is -0.349 e. The molecule has 5 nitrogen and oxygen atoms in total. The van der Waals surface area contributed by atoms with E-state index in [-0.39, 0.29) is 36.6 Å². The lowest BCUT2D eigenvalue weighted by Gasteiger charge is -2.21. The molecule has 1 fully saturated rings. The maximum Gasteiger partial charge on any atom is 0.224 e. The summed E-state index contributed by atoms with van der Waals surface area (Å²) in [6.45, 7) is 2.30. The average molecular weight is 345 g/mol. The molecule has 0 aliphatic carbocycles. The number of amides is 1. The summed E-state index contributed by atoms with van der Waals surface area (Å²) in [6, 6.07) is 8.01. The number of nitrogens with one attached hydrogen (secondary N) is 2. The van der Waals surface area contributed by atoms with Crippen molar-refractivity contribution in [1.82, 2.24) is 20.2 Å². The number of benzene rings is 1. The first-order chi connectivity index (χ1) is 9.75.